The molecular formula is C39H25N3S. The van der Waals surface area contributed by atoms with Crippen molar-refractivity contribution in [3.05, 3.63) is 132 Å². The number of hydrogen-bond acceptors (Lipinski definition) is 4. The van der Waals surface area contributed by atoms with Crippen LogP contribution in [-0.4, -0.2) is 15.0 Å². The normalized spacial score (nSPS) is 12.8. The second-order valence-electron chi connectivity index (χ2n) is 11.2. The highest BCUT2D eigenvalue weighted by Crippen LogP contribution is 2.37. The Morgan fingerprint density at radius 2 is 1.16 bits per heavy atom. The van der Waals surface area contributed by atoms with Crippen LogP contribution in [-0.2, 0) is 6.42 Å². The van der Waals surface area contributed by atoms with E-state index in [0.717, 1.165) is 29.5 Å². The lowest BCUT2D eigenvalue weighted by Gasteiger charge is -2.15. The maximum atomic E-state index is 5.06. The van der Waals surface area contributed by atoms with Crippen LogP contribution < -0.4 is 0 Å². The van der Waals surface area contributed by atoms with E-state index in [1.807, 2.05) is 18.2 Å². The highest BCUT2D eigenvalue weighted by molar-refractivity contribution is 7.25. The maximum Gasteiger partial charge on any atom is 0.164 e. The quantitative estimate of drug-likeness (QED) is 0.199. The number of aryl methyl sites for hydroxylation is 1. The Morgan fingerprint density at radius 1 is 0.488 bits per heavy atom. The van der Waals surface area contributed by atoms with Gasteiger partial charge in [-0.2, -0.15) is 0 Å². The molecule has 0 radical (unpaired) electrons. The summed E-state index contributed by atoms with van der Waals surface area (Å²) < 4.78 is 2.52. The molecule has 1 aliphatic carbocycles. The van der Waals surface area contributed by atoms with Gasteiger partial charge in [-0.05, 0) is 63.7 Å². The Morgan fingerprint density at radius 3 is 2.02 bits per heavy atom. The van der Waals surface area contributed by atoms with Crippen LogP contribution in [0.3, 0.4) is 0 Å². The highest BCUT2D eigenvalue weighted by Gasteiger charge is 2.16. The smallest absolute Gasteiger partial charge is 0.164 e. The van der Waals surface area contributed by atoms with Gasteiger partial charge in [0.05, 0.1) is 0 Å². The summed E-state index contributed by atoms with van der Waals surface area (Å²) in [6.45, 7) is 0. The van der Waals surface area contributed by atoms with Crippen LogP contribution in [0.15, 0.2) is 121 Å². The fraction of sp³-hybridized carbons (Fsp3) is 0.0513. The molecule has 0 aliphatic heterocycles. The van der Waals surface area contributed by atoms with Gasteiger partial charge in [-0.1, -0.05) is 109 Å². The van der Waals surface area contributed by atoms with Gasteiger partial charge in [0, 0.05) is 36.9 Å². The first-order chi connectivity index (χ1) is 21.3. The monoisotopic (exact) mass is 567 g/mol. The molecule has 0 saturated carbocycles. The second kappa shape index (κ2) is 9.69. The van der Waals surface area contributed by atoms with Crippen LogP contribution >= 0.6 is 11.3 Å². The van der Waals surface area contributed by atoms with Crippen molar-refractivity contribution < 1.29 is 0 Å². The van der Waals surface area contributed by atoms with Crippen molar-refractivity contribution in [2.24, 2.45) is 0 Å². The zero-order valence-electron chi connectivity index (χ0n) is 23.3. The third-order valence-corrected chi connectivity index (χ3v) is 9.71. The van der Waals surface area contributed by atoms with E-state index < -0.39 is 0 Å². The van der Waals surface area contributed by atoms with Crippen LogP contribution in [0, 0.1) is 0 Å². The fourth-order valence-corrected chi connectivity index (χ4v) is 7.57. The van der Waals surface area contributed by atoms with Crippen molar-refractivity contribution >= 4 is 59.1 Å². The van der Waals surface area contributed by atoms with Crippen LogP contribution in [0.2, 0.25) is 0 Å². The van der Waals surface area contributed by atoms with E-state index in [2.05, 4.69) is 109 Å². The number of fused-ring (bicyclic) bond motifs is 8. The number of rotatable bonds is 3. The third-order valence-electron chi connectivity index (χ3n) is 8.58. The predicted octanol–water partition coefficient (Wildman–Crippen LogP) is 10.5. The lowest BCUT2D eigenvalue weighted by Crippen LogP contribution is -2.00. The van der Waals surface area contributed by atoms with Gasteiger partial charge in [0.1, 0.15) is 0 Å². The number of hydrogen-bond donors (Lipinski definition) is 0. The Balaban J connectivity index is 1.21. The molecule has 9 rings (SSSR count). The molecule has 43 heavy (non-hydrogen) atoms. The molecule has 3 nitrogen and oxygen atoms in total. The fourth-order valence-electron chi connectivity index (χ4n) is 6.42. The number of allylic oxidation sites excluding steroid dienone is 1. The predicted molar refractivity (Wildman–Crippen MR) is 181 cm³/mol. The standard InChI is InChI=1S/C39H25N3S/c1-2-9-25(10-3-1)37-40-38(42-39(41-37)28-17-21-34-33-12-6-7-13-35(33)43-36(34)23-28)27-16-18-30-26(22-27)15-20-31-29-11-5-4-8-24(29)14-19-32(30)31/h1-3,5-7,9-23H,4,8H2. The Labute approximate surface area is 252 Å². The molecule has 8 aromatic rings. The van der Waals surface area contributed by atoms with Gasteiger partial charge >= 0.3 is 0 Å². The zero-order valence-corrected chi connectivity index (χ0v) is 24.1. The average molecular weight is 568 g/mol. The molecule has 2 heterocycles. The van der Waals surface area contributed by atoms with Crippen molar-refractivity contribution in [3.63, 3.8) is 0 Å². The van der Waals surface area contributed by atoms with Gasteiger partial charge in [0.25, 0.3) is 0 Å². The van der Waals surface area contributed by atoms with Gasteiger partial charge in [0.2, 0.25) is 0 Å². The summed E-state index contributed by atoms with van der Waals surface area (Å²) >= 11 is 1.81. The maximum absolute atomic E-state index is 5.06. The molecule has 0 saturated heterocycles. The summed E-state index contributed by atoms with van der Waals surface area (Å²) in [4.78, 5) is 15.0. The first-order valence-electron chi connectivity index (χ1n) is 14.7. The molecule has 0 N–H and O–H groups in total. The summed E-state index contributed by atoms with van der Waals surface area (Å²) in [5.74, 6) is 2.03. The molecule has 0 bridgehead atoms. The minimum absolute atomic E-state index is 0.675. The average Bonchev–Trinajstić information content (AvgIpc) is 3.46. The topological polar surface area (TPSA) is 38.7 Å². The van der Waals surface area contributed by atoms with Gasteiger partial charge in [-0.25, -0.2) is 15.0 Å². The van der Waals surface area contributed by atoms with Crippen molar-refractivity contribution in [1.82, 2.24) is 15.0 Å². The molecule has 0 atom stereocenters. The molecule has 0 amide bonds. The SMILES string of the molecule is C1=Cc2c(ccc3c2ccc2cc(-c4nc(-c5ccccc5)nc(-c5ccc6c(c5)sc5ccccc56)n4)ccc23)CC1. The van der Waals surface area contributed by atoms with E-state index in [0.29, 0.717) is 17.5 Å². The highest BCUT2D eigenvalue weighted by atomic mass is 32.1. The first-order valence-corrected chi connectivity index (χ1v) is 15.5. The summed E-state index contributed by atoms with van der Waals surface area (Å²) in [6, 6.07) is 41.0. The number of thiophene rings is 1. The molecular weight excluding hydrogens is 543 g/mol. The van der Waals surface area contributed by atoms with E-state index in [4.69, 9.17) is 15.0 Å². The Hall–Kier alpha value is -5.19. The van der Waals surface area contributed by atoms with Crippen molar-refractivity contribution in [2.75, 3.05) is 0 Å². The molecule has 1 aliphatic rings. The molecule has 6 aromatic carbocycles. The number of aromatic nitrogens is 3. The van der Waals surface area contributed by atoms with Gasteiger partial charge in [0.15, 0.2) is 17.5 Å². The van der Waals surface area contributed by atoms with Crippen molar-refractivity contribution in [3.8, 4) is 34.2 Å². The van der Waals surface area contributed by atoms with Crippen LogP contribution in [0.25, 0.3) is 82.0 Å². The third kappa shape index (κ3) is 4.06. The minimum atomic E-state index is 0.675. The molecule has 0 fully saturated rings. The van der Waals surface area contributed by atoms with Crippen LogP contribution in [0.5, 0.6) is 0 Å². The van der Waals surface area contributed by atoms with Gasteiger partial charge < -0.3 is 0 Å². The molecule has 0 unspecified atom stereocenters. The number of benzene rings is 6. The number of nitrogens with zero attached hydrogens (tertiary/aromatic N) is 3. The van der Waals surface area contributed by atoms with E-state index in [9.17, 15) is 0 Å². The summed E-state index contributed by atoms with van der Waals surface area (Å²) in [5, 5.41) is 7.58. The van der Waals surface area contributed by atoms with Crippen LogP contribution in [0.1, 0.15) is 17.5 Å². The van der Waals surface area contributed by atoms with Crippen LogP contribution in [0.4, 0.5) is 0 Å². The summed E-state index contributed by atoms with van der Waals surface area (Å²) in [5.41, 5.74) is 5.74. The van der Waals surface area contributed by atoms with E-state index in [-0.39, 0.29) is 0 Å². The molecule has 4 heteroatoms. The summed E-state index contributed by atoms with van der Waals surface area (Å²) in [6.07, 6.45) is 6.80. The largest absolute Gasteiger partial charge is 0.208 e. The lowest BCUT2D eigenvalue weighted by atomic mass is 9.90. The molecule has 2 aromatic heterocycles. The van der Waals surface area contributed by atoms with Crippen molar-refractivity contribution in [1.29, 1.82) is 0 Å². The summed E-state index contributed by atoms with van der Waals surface area (Å²) in [7, 11) is 0. The second-order valence-corrected chi connectivity index (χ2v) is 12.2. The van der Waals surface area contributed by atoms with Gasteiger partial charge in [-0.3, -0.25) is 0 Å². The van der Waals surface area contributed by atoms with Crippen molar-refractivity contribution in [2.45, 2.75) is 12.8 Å². The van der Waals surface area contributed by atoms with Gasteiger partial charge in [-0.15, -0.1) is 11.3 Å². The Bertz CT molecular complexity index is 2400. The van der Waals surface area contributed by atoms with E-state index >= 15 is 0 Å². The first kappa shape index (κ1) is 24.4. The minimum Gasteiger partial charge on any atom is -0.208 e. The Kier molecular flexibility index (Phi) is 5.50. The van der Waals surface area contributed by atoms with E-state index in [1.165, 1.54) is 52.8 Å². The molecule has 0 spiro atoms. The molecule has 202 valence electrons. The van der Waals surface area contributed by atoms with E-state index in [1.54, 1.807) is 11.3 Å². The zero-order chi connectivity index (χ0) is 28.3. The lowest BCUT2D eigenvalue weighted by molar-refractivity contribution is 0.990.